The second-order valence-corrected chi connectivity index (χ2v) is 8.68. The maximum Gasteiger partial charge on any atom is 0.264 e. The molecule has 0 unspecified atom stereocenters. The van der Waals surface area contributed by atoms with Crippen LogP contribution in [0.5, 0.6) is 0 Å². The number of benzene rings is 2. The molecule has 31 heavy (non-hydrogen) atoms. The molecule has 1 aliphatic rings. The molecule has 1 N–H and O–H groups in total. The van der Waals surface area contributed by atoms with Crippen LogP contribution in [0.2, 0.25) is 0 Å². The van der Waals surface area contributed by atoms with Crippen LogP contribution in [0.15, 0.2) is 78.3 Å². The van der Waals surface area contributed by atoms with Gasteiger partial charge in [-0.05, 0) is 23.1 Å². The van der Waals surface area contributed by atoms with Crippen molar-refractivity contribution in [3.05, 3.63) is 94.3 Å². The van der Waals surface area contributed by atoms with E-state index in [2.05, 4.69) is 9.88 Å². The zero-order valence-electron chi connectivity index (χ0n) is 17.0. The van der Waals surface area contributed by atoms with Crippen molar-refractivity contribution in [3.63, 3.8) is 0 Å². The number of fused-ring (bicyclic) bond motifs is 1. The summed E-state index contributed by atoms with van der Waals surface area (Å²) in [5, 5.41) is 2.87. The molecule has 1 atom stereocenters. The van der Waals surface area contributed by atoms with Gasteiger partial charge in [-0.1, -0.05) is 54.6 Å². The molecule has 1 aliphatic heterocycles. The molecule has 1 amide bonds. The number of para-hydroxylation sites is 1. The smallest absolute Gasteiger partial charge is 0.264 e. The summed E-state index contributed by atoms with van der Waals surface area (Å²) in [6.07, 6.45) is 1.82. The number of nitrogens with zero attached hydrogens (tertiary/aromatic N) is 2. The summed E-state index contributed by atoms with van der Waals surface area (Å²) >= 11 is 1.47. The number of aromatic amines is 1. The van der Waals surface area contributed by atoms with Crippen molar-refractivity contribution < 1.29 is 9.59 Å². The highest BCUT2D eigenvalue weighted by Gasteiger charge is 2.33. The van der Waals surface area contributed by atoms with Gasteiger partial charge < -0.3 is 9.88 Å². The van der Waals surface area contributed by atoms with Gasteiger partial charge in [0.05, 0.1) is 10.9 Å². The molecule has 5 rings (SSSR count). The van der Waals surface area contributed by atoms with Crippen LogP contribution in [-0.2, 0) is 0 Å². The van der Waals surface area contributed by atoms with E-state index >= 15 is 0 Å². The van der Waals surface area contributed by atoms with E-state index in [1.807, 2.05) is 83.2 Å². The topological polar surface area (TPSA) is 56.4 Å². The van der Waals surface area contributed by atoms with Gasteiger partial charge in [0.1, 0.15) is 0 Å². The normalized spacial score (nSPS) is 15.8. The van der Waals surface area contributed by atoms with E-state index in [1.54, 1.807) is 0 Å². The summed E-state index contributed by atoms with van der Waals surface area (Å²) in [6, 6.07) is 21.2. The predicted octanol–water partition coefficient (Wildman–Crippen LogP) is 4.61. The summed E-state index contributed by atoms with van der Waals surface area (Å²) in [5.41, 5.74) is 2.65. The minimum Gasteiger partial charge on any atom is -0.360 e. The molecule has 6 heteroatoms. The Morgan fingerprint density at radius 2 is 1.61 bits per heavy atom. The predicted molar refractivity (Wildman–Crippen MR) is 124 cm³/mol. The third-order valence-electron chi connectivity index (χ3n) is 5.92. The Bertz CT molecular complexity index is 1190. The first-order valence-electron chi connectivity index (χ1n) is 10.4. The van der Waals surface area contributed by atoms with Crippen molar-refractivity contribution in [2.75, 3.05) is 26.2 Å². The molecule has 2 aromatic carbocycles. The van der Waals surface area contributed by atoms with Crippen LogP contribution in [-0.4, -0.2) is 52.7 Å². The lowest BCUT2D eigenvalue weighted by molar-refractivity contribution is 0.0536. The third kappa shape index (κ3) is 3.80. The summed E-state index contributed by atoms with van der Waals surface area (Å²) in [7, 11) is 0. The van der Waals surface area contributed by atoms with E-state index in [9.17, 15) is 9.59 Å². The lowest BCUT2D eigenvalue weighted by Crippen LogP contribution is -2.50. The third-order valence-corrected chi connectivity index (χ3v) is 6.77. The summed E-state index contributed by atoms with van der Waals surface area (Å²) < 4.78 is 0. The number of Topliss-reactive ketones (excluding diaryl/α,β-unsaturated/α-hetero) is 1. The number of thiophene rings is 1. The Morgan fingerprint density at radius 1 is 0.871 bits per heavy atom. The summed E-state index contributed by atoms with van der Waals surface area (Å²) in [6.45, 7) is 2.54. The zero-order chi connectivity index (χ0) is 21.2. The molecule has 3 heterocycles. The summed E-state index contributed by atoms with van der Waals surface area (Å²) in [4.78, 5) is 34.6. The molecule has 5 nitrogen and oxygen atoms in total. The lowest BCUT2D eigenvalue weighted by atomic mass is 9.95. The van der Waals surface area contributed by atoms with Gasteiger partial charge in [0.25, 0.3) is 5.91 Å². The molecule has 156 valence electrons. The Morgan fingerprint density at radius 3 is 2.35 bits per heavy atom. The second-order valence-electron chi connectivity index (χ2n) is 7.73. The second kappa shape index (κ2) is 8.49. The van der Waals surface area contributed by atoms with E-state index in [4.69, 9.17) is 0 Å². The summed E-state index contributed by atoms with van der Waals surface area (Å²) in [5.74, 6) is 0.163. The van der Waals surface area contributed by atoms with Gasteiger partial charge in [0, 0.05) is 48.8 Å². The number of carbonyl (C=O) groups is 2. The van der Waals surface area contributed by atoms with Gasteiger partial charge in [-0.2, -0.15) is 0 Å². The number of aromatic nitrogens is 1. The van der Waals surface area contributed by atoms with Gasteiger partial charge >= 0.3 is 0 Å². The van der Waals surface area contributed by atoms with Gasteiger partial charge in [0.15, 0.2) is 5.78 Å². The Kier molecular flexibility index (Phi) is 5.40. The average Bonchev–Trinajstić information content (AvgIpc) is 3.50. The molecule has 0 aliphatic carbocycles. The van der Waals surface area contributed by atoms with Gasteiger partial charge in [0.2, 0.25) is 0 Å². The van der Waals surface area contributed by atoms with Crippen LogP contribution < -0.4 is 0 Å². The Balaban J connectivity index is 1.41. The van der Waals surface area contributed by atoms with Gasteiger partial charge in [-0.3, -0.25) is 14.5 Å². The zero-order valence-corrected chi connectivity index (χ0v) is 17.8. The molecule has 2 aromatic heterocycles. The quantitative estimate of drug-likeness (QED) is 0.471. The maximum absolute atomic E-state index is 13.8. The number of amides is 1. The number of hydrogen-bond acceptors (Lipinski definition) is 4. The number of piperazine rings is 1. The van der Waals surface area contributed by atoms with E-state index in [-0.39, 0.29) is 17.7 Å². The van der Waals surface area contributed by atoms with E-state index in [0.29, 0.717) is 31.7 Å². The van der Waals surface area contributed by atoms with E-state index in [0.717, 1.165) is 21.3 Å². The van der Waals surface area contributed by atoms with Crippen LogP contribution in [0, 0.1) is 0 Å². The number of ketones is 1. The van der Waals surface area contributed by atoms with Crippen LogP contribution in [0.4, 0.5) is 0 Å². The first kappa shape index (κ1) is 19.7. The van der Waals surface area contributed by atoms with Gasteiger partial charge in [-0.15, -0.1) is 11.3 Å². The minimum atomic E-state index is -0.376. The number of H-pyrrole nitrogens is 1. The highest BCUT2D eigenvalue weighted by Crippen LogP contribution is 2.30. The minimum absolute atomic E-state index is 0.0777. The Labute approximate surface area is 184 Å². The van der Waals surface area contributed by atoms with Crippen LogP contribution >= 0.6 is 11.3 Å². The molecular weight excluding hydrogens is 406 g/mol. The standard InChI is InChI=1S/C25H23N3O2S/c29-24(20-17-26-21-10-5-4-9-19(20)21)23(18-7-2-1-3-8-18)27-12-14-28(15-13-27)25(30)22-11-6-16-31-22/h1-11,16-17,23,26H,12-15H2/t23-/m1/s1. The SMILES string of the molecule is O=C(c1c[nH]c2ccccc12)[C@@H](c1ccccc1)N1CCN(C(=O)c2cccs2)CC1. The molecule has 0 radical (unpaired) electrons. The Hall–Kier alpha value is -3.22. The molecule has 0 spiro atoms. The number of rotatable bonds is 5. The molecule has 1 fully saturated rings. The first-order chi connectivity index (χ1) is 15.2. The molecular formula is C25H23N3O2S. The molecule has 0 saturated carbocycles. The van der Waals surface area contributed by atoms with E-state index in [1.165, 1.54) is 11.3 Å². The maximum atomic E-state index is 13.8. The van der Waals surface area contributed by atoms with Crippen LogP contribution in [0.25, 0.3) is 10.9 Å². The fraction of sp³-hybridized carbons (Fsp3) is 0.200. The number of carbonyl (C=O) groups excluding carboxylic acids is 2. The average molecular weight is 430 g/mol. The van der Waals surface area contributed by atoms with Crippen LogP contribution in [0.3, 0.4) is 0 Å². The van der Waals surface area contributed by atoms with Crippen molar-refractivity contribution in [1.29, 1.82) is 0 Å². The van der Waals surface area contributed by atoms with Crippen LogP contribution in [0.1, 0.15) is 31.6 Å². The number of nitrogens with one attached hydrogen (secondary N) is 1. The largest absolute Gasteiger partial charge is 0.360 e. The van der Waals surface area contributed by atoms with Crippen molar-refractivity contribution in [2.45, 2.75) is 6.04 Å². The first-order valence-corrected chi connectivity index (χ1v) is 11.3. The highest BCUT2D eigenvalue weighted by atomic mass is 32.1. The van der Waals surface area contributed by atoms with Crippen molar-refractivity contribution in [3.8, 4) is 0 Å². The van der Waals surface area contributed by atoms with E-state index < -0.39 is 0 Å². The fourth-order valence-corrected chi connectivity index (χ4v) is 5.02. The fourth-order valence-electron chi connectivity index (χ4n) is 4.33. The lowest BCUT2D eigenvalue weighted by Gasteiger charge is -2.38. The van der Waals surface area contributed by atoms with Crippen molar-refractivity contribution >= 4 is 33.9 Å². The van der Waals surface area contributed by atoms with Crippen molar-refractivity contribution in [2.24, 2.45) is 0 Å². The molecule has 4 aromatic rings. The van der Waals surface area contributed by atoms with Crippen molar-refractivity contribution in [1.82, 2.24) is 14.8 Å². The monoisotopic (exact) mass is 429 g/mol. The molecule has 0 bridgehead atoms. The van der Waals surface area contributed by atoms with Gasteiger partial charge in [-0.25, -0.2) is 0 Å². The highest BCUT2D eigenvalue weighted by molar-refractivity contribution is 7.12. The molecule has 1 saturated heterocycles. The number of hydrogen-bond donors (Lipinski definition) is 1.